The average Bonchev–Trinajstić information content (AvgIpc) is 2.47. The molecule has 0 bridgehead atoms. The van der Waals surface area contributed by atoms with E-state index < -0.39 is 0 Å². The van der Waals surface area contributed by atoms with Crippen molar-refractivity contribution in [3.8, 4) is 0 Å². The van der Waals surface area contributed by atoms with E-state index in [-0.39, 0.29) is 0 Å². The lowest BCUT2D eigenvalue weighted by atomic mass is 10.1. The second-order valence-corrected chi connectivity index (χ2v) is 5.54. The minimum atomic E-state index is 0.613. The number of likely N-dealkylation sites (tertiary alicyclic amines) is 1. The highest BCUT2D eigenvalue weighted by Gasteiger charge is 2.30. The summed E-state index contributed by atoms with van der Waals surface area (Å²) in [6.07, 6.45) is 4.76. The van der Waals surface area contributed by atoms with Crippen LogP contribution in [0.4, 0.5) is 0 Å². The van der Waals surface area contributed by atoms with Gasteiger partial charge in [0.15, 0.2) is 0 Å². The van der Waals surface area contributed by atoms with Gasteiger partial charge in [-0.15, -0.1) is 0 Å². The largest absolute Gasteiger partial charge is 0.329 e. The van der Waals surface area contributed by atoms with E-state index >= 15 is 0 Å². The lowest BCUT2D eigenvalue weighted by Crippen LogP contribution is -2.43. The first kappa shape index (κ1) is 12.3. The molecule has 1 heterocycles. The Kier molecular flexibility index (Phi) is 5.28. The van der Waals surface area contributed by atoms with Crippen LogP contribution in [0.15, 0.2) is 0 Å². The van der Waals surface area contributed by atoms with Crippen LogP contribution in [-0.4, -0.2) is 42.1 Å². The first-order chi connectivity index (χ1) is 6.69. The third-order valence-corrected chi connectivity index (χ3v) is 3.87. The molecule has 0 aromatic carbocycles. The molecule has 0 amide bonds. The fraction of sp³-hybridized carbons (Fsp3) is 1.00. The van der Waals surface area contributed by atoms with Crippen molar-refractivity contribution >= 4 is 11.8 Å². The van der Waals surface area contributed by atoms with Crippen LogP contribution in [0.5, 0.6) is 0 Å². The summed E-state index contributed by atoms with van der Waals surface area (Å²) < 4.78 is 0. The molecule has 0 aromatic heterocycles. The van der Waals surface area contributed by atoms with Crippen LogP contribution in [0.2, 0.25) is 0 Å². The van der Waals surface area contributed by atoms with Crippen molar-refractivity contribution < 1.29 is 0 Å². The number of hydrogen-bond acceptors (Lipinski definition) is 3. The van der Waals surface area contributed by atoms with Crippen LogP contribution in [0, 0.1) is 5.92 Å². The second-order valence-electron chi connectivity index (χ2n) is 4.56. The standard InChI is InChI=1S/C11H24N2S/c1-9-6-10(2)13(8-9)11(7-12)4-5-14-3/h9-11H,4-8,12H2,1-3H3. The van der Waals surface area contributed by atoms with E-state index in [1.54, 1.807) is 0 Å². The maximum atomic E-state index is 5.85. The quantitative estimate of drug-likeness (QED) is 0.760. The Balaban J connectivity index is 2.43. The van der Waals surface area contributed by atoms with Gasteiger partial charge in [-0.1, -0.05) is 6.92 Å². The molecule has 3 unspecified atom stereocenters. The molecule has 2 nitrogen and oxygen atoms in total. The predicted molar refractivity (Wildman–Crippen MR) is 65.8 cm³/mol. The van der Waals surface area contributed by atoms with Crippen molar-refractivity contribution in [3.05, 3.63) is 0 Å². The zero-order valence-electron chi connectivity index (χ0n) is 9.70. The maximum absolute atomic E-state index is 5.85. The zero-order valence-corrected chi connectivity index (χ0v) is 10.5. The summed E-state index contributed by atoms with van der Waals surface area (Å²) in [4.78, 5) is 2.61. The van der Waals surface area contributed by atoms with Crippen molar-refractivity contribution in [1.82, 2.24) is 4.90 Å². The lowest BCUT2D eigenvalue weighted by molar-refractivity contribution is 0.187. The summed E-state index contributed by atoms with van der Waals surface area (Å²) in [5.74, 6) is 2.09. The Hall–Kier alpha value is 0.270. The molecule has 0 radical (unpaired) electrons. The summed E-state index contributed by atoms with van der Waals surface area (Å²) in [7, 11) is 0. The van der Waals surface area contributed by atoms with Crippen molar-refractivity contribution in [3.63, 3.8) is 0 Å². The van der Waals surface area contributed by atoms with Crippen molar-refractivity contribution in [2.24, 2.45) is 11.7 Å². The Bertz CT molecular complexity index is 163. The molecule has 1 fully saturated rings. The molecular formula is C11H24N2S. The molecule has 0 aromatic rings. The van der Waals surface area contributed by atoms with Crippen molar-refractivity contribution in [1.29, 1.82) is 0 Å². The molecular weight excluding hydrogens is 192 g/mol. The van der Waals surface area contributed by atoms with Gasteiger partial charge in [0.1, 0.15) is 0 Å². The lowest BCUT2D eigenvalue weighted by Gasteiger charge is -2.30. The van der Waals surface area contributed by atoms with Crippen LogP contribution in [0.3, 0.4) is 0 Å². The van der Waals surface area contributed by atoms with Crippen LogP contribution in [0.25, 0.3) is 0 Å². The van der Waals surface area contributed by atoms with Crippen molar-refractivity contribution in [2.75, 3.05) is 25.1 Å². The van der Waals surface area contributed by atoms with Gasteiger partial charge >= 0.3 is 0 Å². The highest BCUT2D eigenvalue weighted by molar-refractivity contribution is 7.98. The summed E-state index contributed by atoms with van der Waals surface area (Å²) in [5, 5.41) is 0. The van der Waals surface area contributed by atoms with Crippen molar-refractivity contribution in [2.45, 2.75) is 38.8 Å². The first-order valence-electron chi connectivity index (χ1n) is 5.63. The normalized spacial score (nSPS) is 30.9. The zero-order chi connectivity index (χ0) is 10.6. The molecule has 0 aliphatic carbocycles. The van der Waals surface area contributed by atoms with Gasteiger partial charge in [0.2, 0.25) is 0 Å². The topological polar surface area (TPSA) is 29.3 Å². The van der Waals surface area contributed by atoms with Gasteiger partial charge in [-0.2, -0.15) is 11.8 Å². The highest BCUT2D eigenvalue weighted by atomic mass is 32.2. The number of nitrogens with zero attached hydrogens (tertiary/aromatic N) is 1. The van der Waals surface area contributed by atoms with Gasteiger partial charge in [0.25, 0.3) is 0 Å². The molecule has 2 N–H and O–H groups in total. The van der Waals surface area contributed by atoms with Crippen LogP contribution >= 0.6 is 11.8 Å². The third-order valence-electron chi connectivity index (χ3n) is 3.23. The van der Waals surface area contributed by atoms with E-state index in [0.717, 1.165) is 18.5 Å². The van der Waals surface area contributed by atoms with E-state index in [1.807, 2.05) is 11.8 Å². The fourth-order valence-electron chi connectivity index (χ4n) is 2.51. The van der Waals surface area contributed by atoms with Gasteiger partial charge in [-0.25, -0.2) is 0 Å². The molecule has 1 saturated heterocycles. The molecule has 0 spiro atoms. The van der Waals surface area contributed by atoms with Crippen LogP contribution in [0.1, 0.15) is 26.7 Å². The predicted octanol–water partition coefficient (Wildman–Crippen LogP) is 1.80. The van der Waals surface area contributed by atoms with Gasteiger partial charge in [-0.05, 0) is 37.7 Å². The van der Waals surface area contributed by atoms with E-state index in [0.29, 0.717) is 6.04 Å². The molecule has 3 heteroatoms. The SMILES string of the molecule is CSCCC(CN)N1CC(C)CC1C. The van der Waals surface area contributed by atoms with Gasteiger partial charge in [0.05, 0.1) is 0 Å². The van der Waals surface area contributed by atoms with E-state index in [2.05, 4.69) is 25.0 Å². The number of thioether (sulfide) groups is 1. The van der Waals surface area contributed by atoms with Gasteiger partial charge < -0.3 is 5.73 Å². The van der Waals surface area contributed by atoms with E-state index in [1.165, 1.54) is 25.1 Å². The minimum absolute atomic E-state index is 0.613. The molecule has 1 rings (SSSR count). The van der Waals surface area contributed by atoms with E-state index in [4.69, 9.17) is 5.73 Å². The Morgan fingerprint density at radius 1 is 1.50 bits per heavy atom. The van der Waals surface area contributed by atoms with Crippen LogP contribution < -0.4 is 5.73 Å². The average molecular weight is 216 g/mol. The molecule has 3 atom stereocenters. The summed E-state index contributed by atoms with van der Waals surface area (Å²) >= 11 is 1.92. The molecule has 84 valence electrons. The van der Waals surface area contributed by atoms with Gasteiger partial charge in [-0.3, -0.25) is 4.90 Å². The summed E-state index contributed by atoms with van der Waals surface area (Å²) in [6, 6.07) is 1.35. The van der Waals surface area contributed by atoms with Gasteiger partial charge in [0, 0.05) is 25.2 Å². The monoisotopic (exact) mass is 216 g/mol. The number of hydrogen-bond donors (Lipinski definition) is 1. The second kappa shape index (κ2) is 5.99. The third kappa shape index (κ3) is 3.14. The number of rotatable bonds is 5. The summed E-state index contributed by atoms with van der Waals surface area (Å²) in [5.41, 5.74) is 5.85. The Morgan fingerprint density at radius 3 is 2.64 bits per heavy atom. The minimum Gasteiger partial charge on any atom is -0.329 e. The number of nitrogens with two attached hydrogens (primary N) is 1. The smallest absolute Gasteiger partial charge is 0.0229 e. The molecule has 0 saturated carbocycles. The summed E-state index contributed by atoms with van der Waals surface area (Å²) in [6.45, 7) is 6.75. The fourth-order valence-corrected chi connectivity index (χ4v) is 3.02. The first-order valence-corrected chi connectivity index (χ1v) is 7.03. The van der Waals surface area contributed by atoms with E-state index in [9.17, 15) is 0 Å². The molecule has 1 aliphatic heterocycles. The molecule has 1 aliphatic rings. The maximum Gasteiger partial charge on any atom is 0.0229 e. The van der Waals surface area contributed by atoms with Crippen LogP contribution in [-0.2, 0) is 0 Å². The Labute approximate surface area is 92.6 Å². The highest BCUT2D eigenvalue weighted by Crippen LogP contribution is 2.25. The molecule has 14 heavy (non-hydrogen) atoms. The Morgan fingerprint density at radius 2 is 2.21 bits per heavy atom.